The monoisotopic (exact) mass is 457 g/mol. The smallest absolute Gasteiger partial charge is 0.277 e. The number of rotatable bonds is 7. The number of nitrogens with zero attached hydrogens (tertiary/aromatic N) is 2. The van der Waals surface area contributed by atoms with Gasteiger partial charge in [-0.2, -0.15) is 0 Å². The second kappa shape index (κ2) is 9.20. The molecule has 30 heavy (non-hydrogen) atoms. The van der Waals surface area contributed by atoms with Crippen LogP contribution in [0.25, 0.3) is 20.9 Å². The number of fused-ring (bicyclic) bond motifs is 1. The first-order valence-electron chi connectivity index (χ1n) is 9.58. The summed E-state index contributed by atoms with van der Waals surface area (Å²) in [6.07, 6.45) is 1.08. The Bertz CT molecular complexity index is 1170. The molecule has 0 aliphatic carbocycles. The Kier molecular flexibility index (Phi) is 6.41. The van der Waals surface area contributed by atoms with Gasteiger partial charge in [-0.1, -0.05) is 67.5 Å². The highest BCUT2D eigenvalue weighted by molar-refractivity contribution is 7.99. The molecule has 1 unspecified atom stereocenters. The zero-order valence-corrected chi connectivity index (χ0v) is 18.9. The van der Waals surface area contributed by atoms with Crippen molar-refractivity contribution >= 4 is 56.4 Å². The van der Waals surface area contributed by atoms with Gasteiger partial charge in [-0.25, -0.2) is 0 Å². The number of carbonyl (C=O) groups excluding carboxylic acids is 1. The first-order valence-corrected chi connectivity index (χ1v) is 11.8. The molecule has 4 rings (SSSR count). The lowest BCUT2D eigenvalue weighted by Gasteiger charge is -2.10. The van der Waals surface area contributed by atoms with E-state index in [4.69, 9.17) is 16.0 Å². The van der Waals surface area contributed by atoms with Crippen LogP contribution in [-0.4, -0.2) is 21.9 Å². The number of amides is 1. The zero-order chi connectivity index (χ0) is 21.1. The Morgan fingerprint density at radius 3 is 2.70 bits per heavy atom. The van der Waals surface area contributed by atoms with Crippen LogP contribution in [0.3, 0.4) is 0 Å². The number of aromatic nitrogens is 2. The average Bonchev–Trinajstić information content (AvgIpc) is 3.37. The standard InChI is InChI=1S/C22H20ClN3O2S2/c1-3-13(2)14-8-10-15(11-9-14)24-18(27)12-29-22-26-25-21(28-22)20-19(23)16-6-4-5-7-17(16)30-20/h4-11,13H,3,12H2,1-2H3,(H,24,27). The molecule has 2 aromatic carbocycles. The maximum Gasteiger partial charge on any atom is 0.277 e. The van der Waals surface area contributed by atoms with Gasteiger partial charge in [-0.15, -0.1) is 21.5 Å². The molecule has 8 heteroatoms. The van der Waals surface area contributed by atoms with Crippen molar-refractivity contribution in [3.63, 3.8) is 0 Å². The van der Waals surface area contributed by atoms with Crippen molar-refractivity contribution in [2.75, 3.05) is 11.1 Å². The SMILES string of the molecule is CCC(C)c1ccc(NC(=O)CSc2nnc(-c3sc4ccccc4c3Cl)o2)cc1. The molecule has 0 fully saturated rings. The number of nitrogens with one attached hydrogen (secondary N) is 1. The van der Waals surface area contributed by atoms with E-state index in [1.807, 2.05) is 36.4 Å². The summed E-state index contributed by atoms with van der Waals surface area (Å²) in [5.41, 5.74) is 2.04. The highest BCUT2D eigenvalue weighted by atomic mass is 35.5. The van der Waals surface area contributed by atoms with E-state index in [9.17, 15) is 4.79 Å². The normalized spacial score (nSPS) is 12.2. The van der Waals surface area contributed by atoms with Crippen LogP contribution in [-0.2, 0) is 4.79 Å². The lowest BCUT2D eigenvalue weighted by Crippen LogP contribution is -2.14. The van der Waals surface area contributed by atoms with Gasteiger partial charge in [-0.3, -0.25) is 4.79 Å². The van der Waals surface area contributed by atoms with Crippen molar-refractivity contribution in [1.29, 1.82) is 0 Å². The summed E-state index contributed by atoms with van der Waals surface area (Å²) in [4.78, 5) is 13.0. The maximum atomic E-state index is 12.3. The molecule has 0 bridgehead atoms. The molecule has 0 radical (unpaired) electrons. The minimum Gasteiger partial charge on any atom is -0.410 e. The number of thioether (sulfide) groups is 1. The van der Waals surface area contributed by atoms with Crippen molar-refractivity contribution in [1.82, 2.24) is 10.2 Å². The van der Waals surface area contributed by atoms with E-state index in [2.05, 4.69) is 41.5 Å². The Labute approximate surface area is 187 Å². The number of hydrogen-bond donors (Lipinski definition) is 1. The van der Waals surface area contributed by atoms with E-state index in [-0.39, 0.29) is 11.7 Å². The van der Waals surface area contributed by atoms with E-state index in [1.165, 1.54) is 28.7 Å². The molecule has 1 N–H and O–H groups in total. The molecule has 1 amide bonds. The first-order chi connectivity index (χ1) is 14.5. The van der Waals surface area contributed by atoms with Gasteiger partial charge in [0.15, 0.2) is 0 Å². The summed E-state index contributed by atoms with van der Waals surface area (Å²) in [6.45, 7) is 4.35. The van der Waals surface area contributed by atoms with Crippen LogP contribution in [0.2, 0.25) is 5.02 Å². The molecular weight excluding hydrogens is 438 g/mol. The fourth-order valence-corrected chi connectivity index (χ4v) is 4.96. The summed E-state index contributed by atoms with van der Waals surface area (Å²) in [6, 6.07) is 15.8. The molecule has 0 saturated heterocycles. The van der Waals surface area contributed by atoms with Crippen LogP contribution in [0, 0.1) is 0 Å². The summed E-state index contributed by atoms with van der Waals surface area (Å²) >= 11 is 9.17. The second-order valence-corrected chi connectivity index (χ2v) is 9.24. The summed E-state index contributed by atoms with van der Waals surface area (Å²) in [5, 5.41) is 12.9. The lowest BCUT2D eigenvalue weighted by molar-refractivity contribution is -0.113. The molecule has 0 saturated carbocycles. The van der Waals surface area contributed by atoms with Crippen molar-refractivity contribution in [3.8, 4) is 10.8 Å². The summed E-state index contributed by atoms with van der Waals surface area (Å²) in [7, 11) is 0. The number of benzene rings is 2. The minimum absolute atomic E-state index is 0.129. The fraction of sp³-hybridized carbons (Fsp3) is 0.227. The molecule has 5 nitrogen and oxygen atoms in total. The van der Waals surface area contributed by atoms with Crippen LogP contribution >= 0.6 is 34.7 Å². The predicted octanol–water partition coefficient (Wildman–Crippen LogP) is 6.85. The highest BCUT2D eigenvalue weighted by Crippen LogP contribution is 2.41. The molecule has 4 aromatic rings. The Hall–Kier alpha value is -2.35. The Balaban J connectivity index is 1.37. The third-order valence-electron chi connectivity index (χ3n) is 4.84. The largest absolute Gasteiger partial charge is 0.410 e. The third-order valence-corrected chi connectivity index (χ3v) is 7.32. The van der Waals surface area contributed by atoms with Gasteiger partial charge in [0.25, 0.3) is 11.1 Å². The predicted molar refractivity (Wildman–Crippen MR) is 125 cm³/mol. The second-order valence-electron chi connectivity index (χ2n) is 6.88. The average molecular weight is 458 g/mol. The summed E-state index contributed by atoms with van der Waals surface area (Å²) in [5.74, 6) is 0.918. The maximum absolute atomic E-state index is 12.3. The van der Waals surface area contributed by atoms with E-state index in [1.54, 1.807) is 0 Å². The van der Waals surface area contributed by atoms with Crippen LogP contribution in [0.1, 0.15) is 31.7 Å². The van der Waals surface area contributed by atoms with E-state index < -0.39 is 0 Å². The van der Waals surface area contributed by atoms with Crippen molar-refractivity contribution < 1.29 is 9.21 Å². The molecule has 2 heterocycles. The third kappa shape index (κ3) is 4.53. The highest BCUT2D eigenvalue weighted by Gasteiger charge is 2.18. The van der Waals surface area contributed by atoms with Gasteiger partial charge in [0, 0.05) is 15.8 Å². The topological polar surface area (TPSA) is 68.0 Å². The zero-order valence-electron chi connectivity index (χ0n) is 16.5. The van der Waals surface area contributed by atoms with Crippen molar-refractivity contribution in [3.05, 3.63) is 59.1 Å². The van der Waals surface area contributed by atoms with E-state index >= 15 is 0 Å². The van der Waals surface area contributed by atoms with E-state index in [0.29, 0.717) is 22.1 Å². The van der Waals surface area contributed by atoms with Gasteiger partial charge in [0.2, 0.25) is 5.91 Å². The minimum atomic E-state index is -0.129. The van der Waals surface area contributed by atoms with Crippen LogP contribution in [0.4, 0.5) is 5.69 Å². The van der Waals surface area contributed by atoms with Crippen molar-refractivity contribution in [2.24, 2.45) is 0 Å². The number of anilines is 1. The summed E-state index contributed by atoms with van der Waals surface area (Å²) < 4.78 is 6.78. The lowest BCUT2D eigenvalue weighted by atomic mass is 9.99. The number of halogens is 1. The van der Waals surface area contributed by atoms with Gasteiger partial charge in [0.1, 0.15) is 4.88 Å². The van der Waals surface area contributed by atoms with Crippen LogP contribution in [0.5, 0.6) is 0 Å². The number of carbonyl (C=O) groups is 1. The van der Waals surface area contributed by atoms with Gasteiger partial charge in [0.05, 0.1) is 10.8 Å². The molecule has 2 aromatic heterocycles. The van der Waals surface area contributed by atoms with Gasteiger partial charge in [-0.05, 0) is 36.1 Å². The Morgan fingerprint density at radius 2 is 1.97 bits per heavy atom. The van der Waals surface area contributed by atoms with Crippen molar-refractivity contribution in [2.45, 2.75) is 31.4 Å². The van der Waals surface area contributed by atoms with Crippen LogP contribution in [0.15, 0.2) is 58.2 Å². The van der Waals surface area contributed by atoms with Crippen LogP contribution < -0.4 is 5.32 Å². The molecule has 0 aliphatic heterocycles. The number of thiophene rings is 1. The molecule has 154 valence electrons. The molecule has 1 atom stereocenters. The molecule has 0 aliphatic rings. The van der Waals surface area contributed by atoms with Gasteiger partial charge >= 0.3 is 0 Å². The fourth-order valence-electron chi connectivity index (χ4n) is 2.97. The Morgan fingerprint density at radius 1 is 1.20 bits per heavy atom. The number of hydrogen-bond acceptors (Lipinski definition) is 6. The van der Waals surface area contributed by atoms with E-state index in [0.717, 1.165) is 27.1 Å². The molecule has 0 spiro atoms. The quantitative estimate of drug-likeness (QED) is 0.307. The van der Waals surface area contributed by atoms with Gasteiger partial charge < -0.3 is 9.73 Å². The first kappa shape index (κ1) is 20.9. The molecular formula is C22H20ClN3O2S2.